The zero-order chi connectivity index (χ0) is 13.8. The highest BCUT2D eigenvalue weighted by molar-refractivity contribution is 5.94. The summed E-state index contributed by atoms with van der Waals surface area (Å²) in [5, 5.41) is 21.5. The predicted octanol–water partition coefficient (Wildman–Crippen LogP) is 2.49. The molecule has 3 N–H and O–H groups in total. The van der Waals surface area contributed by atoms with Crippen LogP contribution in [0.25, 0.3) is 0 Å². The molecular weight excluding hydrogens is 249 g/mol. The summed E-state index contributed by atoms with van der Waals surface area (Å²) in [7, 11) is 0. The SMILES string of the molecule is O=C(O)c1cccc(F)c1NCC1CCCC(O)C1. The van der Waals surface area contributed by atoms with Gasteiger partial charge in [0.15, 0.2) is 0 Å². The molecule has 0 aromatic heterocycles. The lowest BCUT2D eigenvalue weighted by atomic mass is 9.87. The number of halogens is 1. The zero-order valence-electron chi connectivity index (χ0n) is 10.6. The van der Waals surface area contributed by atoms with Crippen LogP contribution in [-0.2, 0) is 0 Å². The number of anilines is 1. The topological polar surface area (TPSA) is 69.6 Å². The van der Waals surface area contributed by atoms with Gasteiger partial charge in [-0.25, -0.2) is 9.18 Å². The van der Waals surface area contributed by atoms with Gasteiger partial charge in [0, 0.05) is 6.54 Å². The van der Waals surface area contributed by atoms with Gasteiger partial charge in [0.25, 0.3) is 0 Å². The summed E-state index contributed by atoms with van der Waals surface area (Å²) in [6, 6.07) is 4.00. The highest BCUT2D eigenvalue weighted by Gasteiger charge is 2.21. The monoisotopic (exact) mass is 267 g/mol. The van der Waals surface area contributed by atoms with Gasteiger partial charge in [-0.2, -0.15) is 0 Å². The van der Waals surface area contributed by atoms with Crippen LogP contribution in [0.5, 0.6) is 0 Å². The summed E-state index contributed by atoms with van der Waals surface area (Å²) in [5.41, 5.74) is -0.0218. The van der Waals surface area contributed by atoms with Crippen molar-refractivity contribution in [1.82, 2.24) is 0 Å². The molecule has 19 heavy (non-hydrogen) atoms. The van der Waals surface area contributed by atoms with Crippen LogP contribution in [0, 0.1) is 11.7 Å². The van der Waals surface area contributed by atoms with Gasteiger partial charge < -0.3 is 15.5 Å². The van der Waals surface area contributed by atoms with Crippen molar-refractivity contribution < 1.29 is 19.4 Å². The summed E-state index contributed by atoms with van der Waals surface area (Å²) < 4.78 is 13.7. The lowest BCUT2D eigenvalue weighted by Gasteiger charge is -2.26. The average molecular weight is 267 g/mol. The minimum Gasteiger partial charge on any atom is -0.478 e. The first-order valence-corrected chi connectivity index (χ1v) is 6.51. The van der Waals surface area contributed by atoms with Crippen molar-refractivity contribution in [2.75, 3.05) is 11.9 Å². The average Bonchev–Trinajstić information content (AvgIpc) is 2.37. The summed E-state index contributed by atoms with van der Waals surface area (Å²) in [6.45, 7) is 0.484. The summed E-state index contributed by atoms with van der Waals surface area (Å²) in [4.78, 5) is 11.0. The minimum absolute atomic E-state index is 0.0371. The van der Waals surface area contributed by atoms with E-state index in [0.29, 0.717) is 13.0 Å². The number of rotatable bonds is 4. The van der Waals surface area contributed by atoms with E-state index in [0.717, 1.165) is 19.3 Å². The van der Waals surface area contributed by atoms with Crippen molar-refractivity contribution in [2.24, 2.45) is 5.92 Å². The molecule has 1 aliphatic carbocycles. The zero-order valence-corrected chi connectivity index (χ0v) is 10.6. The second-order valence-corrected chi connectivity index (χ2v) is 5.03. The number of benzene rings is 1. The van der Waals surface area contributed by atoms with Crippen molar-refractivity contribution in [3.63, 3.8) is 0 Å². The third-order valence-corrected chi connectivity index (χ3v) is 3.57. The Morgan fingerprint density at radius 1 is 1.42 bits per heavy atom. The van der Waals surface area contributed by atoms with Gasteiger partial charge in [-0.05, 0) is 37.3 Å². The minimum atomic E-state index is -1.15. The van der Waals surface area contributed by atoms with Crippen LogP contribution in [0.1, 0.15) is 36.0 Å². The van der Waals surface area contributed by atoms with E-state index in [1.165, 1.54) is 18.2 Å². The Kier molecular flexibility index (Phi) is 4.37. The molecule has 1 aliphatic rings. The van der Waals surface area contributed by atoms with Crippen molar-refractivity contribution in [3.8, 4) is 0 Å². The molecule has 0 saturated heterocycles. The predicted molar refractivity (Wildman–Crippen MR) is 69.8 cm³/mol. The van der Waals surface area contributed by atoms with Crippen LogP contribution in [0.15, 0.2) is 18.2 Å². The summed E-state index contributed by atoms with van der Waals surface area (Å²) in [5.74, 6) is -1.45. The second-order valence-electron chi connectivity index (χ2n) is 5.03. The molecule has 0 aliphatic heterocycles. The van der Waals surface area contributed by atoms with Gasteiger partial charge in [-0.3, -0.25) is 0 Å². The molecule has 1 aromatic carbocycles. The first-order valence-electron chi connectivity index (χ1n) is 6.51. The van der Waals surface area contributed by atoms with Crippen molar-refractivity contribution in [3.05, 3.63) is 29.6 Å². The Morgan fingerprint density at radius 3 is 2.89 bits per heavy atom. The molecule has 5 heteroatoms. The highest BCUT2D eigenvalue weighted by atomic mass is 19.1. The van der Waals surface area contributed by atoms with Crippen LogP contribution >= 0.6 is 0 Å². The molecule has 1 saturated carbocycles. The van der Waals surface area contributed by atoms with Crippen molar-refractivity contribution in [1.29, 1.82) is 0 Å². The van der Waals surface area contributed by atoms with Crippen LogP contribution in [-0.4, -0.2) is 28.8 Å². The molecule has 2 rings (SSSR count). The van der Waals surface area contributed by atoms with Gasteiger partial charge in [0.1, 0.15) is 5.82 Å². The number of hydrogen-bond acceptors (Lipinski definition) is 3. The van der Waals surface area contributed by atoms with E-state index in [4.69, 9.17) is 5.11 Å². The molecule has 0 heterocycles. The van der Waals surface area contributed by atoms with E-state index in [9.17, 15) is 14.3 Å². The van der Waals surface area contributed by atoms with E-state index in [1.54, 1.807) is 0 Å². The van der Waals surface area contributed by atoms with Gasteiger partial charge in [0.2, 0.25) is 0 Å². The second kappa shape index (κ2) is 6.02. The number of carboxylic acids is 1. The first-order chi connectivity index (χ1) is 9.08. The number of para-hydroxylation sites is 1. The highest BCUT2D eigenvalue weighted by Crippen LogP contribution is 2.26. The normalized spacial score (nSPS) is 23.1. The number of carboxylic acid groups (broad SMARTS) is 1. The Morgan fingerprint density at radius 2 is 2.21 bits per heavy atom. The maximum Gasteiger partial charge on any atom is 0.337 e. The number of hydrogen-bond donors (Lipinski definition) is 3. The maximum atomic E-state index is 13.7. The largest absolute Gasteiger partial charge is 0.478 e. The molecule has 0 amide bonds. The fourth-order valence-electron chi connectivity index (χ4n) is 2.58. The van der Waals surface area contributed by atoms with Crippen molar-refractivity contribution in [2.45, 2.75) is 31.8 Å². The molecule has 2 unspecified atom stereocenters. The molecule has 0 radical (unpaired) electrons. The number of carbonyl (C=O) groups is 1. The van der Waals surface area contributed by atoms with Crippen LogP contribution in [0.2, 0.25) is 0 Å². The molecule has 4 nitrogen and oxygen atoms in total. The summed E-state index contributed by atoms with van der Waals surface area (Å²) in [6.07, 6.45) is 3.14. The van der Waals surface area contributed by atoms with E-state index >= 15 is 0 Å². The van der Waals surface area contributed by atoms with Gasteiger partial charge in [-0.15, -0.1) is 0 Å². The fraction of sp³-hybridized carbons (Fsp3) is 0.500. The van der Waals surface area contributed by atoms with Crippen LogP contribution in [0.3, 0.4) is 0 Å². The van der Waals surface area contributed by atoms with Crippen molar-refractivity contribution >= 4 is 11.7 Å². The summed E-state index contributed by atoms with van der Waals surface area (Å²) >= 11 is 0. The Bertz CT molecular complexity index is 464. The Hall–Kier alpha value is -1.62. The van der Waals surface area contributed by atoms with E-state index in [2.05, 4.69) is 5.32 Å². The first kappa shape index (κ1) is 13.8. The third-order valence-electron chi connectivity index (χ3n) is 3.57. The standard InChI is InChI=1S/C14H18FNO3/c15-12-6-2-5-11(14(18)19)13(12)16-8-9-3-1-4-10(17)7-9/h2,5-6,9-10,16-17H,1,3-4,7-8H2,(H,18,19). The lowest BCUT2D eigenvalue weighted by molar-refractivity contribution is 0.0697. The molecule has 1 aromatic rings. The van der Waals surface area contributed by atoms with E-state index < -0.39 is 11.8 Å². The van der Waals surface area contributed by atoms with Gasteiger partial charge in [0.05, 0.1) is 17.4 Å². The number of aliphatic hydroxyl groups is 1. The van der Waals surface area contributed by atoms with Gasteiger partial charge in [-0.1, -0.05) is 12.5 Å². The smallest absolute Gasteiger partial charge is 0.337 e. The Labute approximate surface area is 111 Å². The molecule has 2 atom stereocenters. The lowest BCUT2D eigenvalue weighted by Crippen LogP contribution is -2.25. The fourth-order valence-corrected chi connectivity index (χ4v) is 2.58. The number of nitrogens with one attached hydrogen (secondary N) is 1. The molecule has 104 valence electrons. The quantitative estimate of drug-likeness (QED) is 0.784. The Balaban J connectivity index is 2.04. The van der Waals surface area contributed by atoms with E-state index in [1.807, 2.05) is 0 Å². The van der Waals surface area contributed by atoms with Crippen LogP contribution < -0.4 is 5.32 Å². The maximum absolute atomic E-state index is 13.7. The van der Waals surface area contributed by atoms with E-state index in [-0.39, 0.29) is 23.3 Å². The van der Waals surface area contributed by atoms with Crippen LogP contribution in [0.4, 0.5) is 10.1 Å². The molecule has 0 bridgehead atoms. The molecule has 0 spiro atoms. The molecular formula is C14H18FNO3. The number of aromatic carboxylic acids is 1. The molecule has 1 fully saturated rings. The number of aliphatic hydroxyl groups excluding tert-OH is 1. The third kappa shape index (κ3) is 3.44. The van der Waals surface area contributed by atoms with Gasteiger partial charge >= 0.3 is 5.97 Å².